The Balaban J connectivity index is 1.94. The lowest BCUT2D eigenvalue weighted by Crippen LogP contribution is -2.67. The average Bonchev–Trinajstić information content (AvgIpc) is 2.64. The van der Waals surface area contributed by atoms with Crippen LogP contribution in [0.4, 0.5) is 0 Å². The summed E-state index contributed by atoms with van der Waals surface area (Å²) in [5.74, 6) is 0.722. The Labute approximate surface area is 207 Å². The molecule has 0 bridgehead atoms. The van der Waals surface area contributed by atoms with Crippen LogP contribution in [0.5, 0.6) is 0 Å². The van der Waals surface area contributed by atoms with E-state index < -0.39 is 15.8 Å². The molecule has 1 aliphatic carbocycles. The maximum absolute atomic E-state index is 13.2. The maximum atomic E-state index is 13.2. The van der Waals surface area contributed by atoms with Crippen LogP contribution in [-0.4, -0.2) is 58.1 Å². The van der Waals surface area contributed by atoms with Crippen molar-refractivity contribution in [3.05, 3.63) is 0 Å². The second-order valence-corrected chi connectivity index (χ2v) is 15.8. The van der Waals surface area contributed by atoms with Crippen LogP contribution in [0.2, 0.25) is 0 Å². The highest BCUT2D eigenvalue weighted by Gasteiger charge is 2.55. The molecule has 0 aromatic rings. The van der Waals surface area contributed by atoms with Crippen molar-refractivity contribution in [1.29, 1.82) is 0 Å². The number of hydrogen-bond donors (Lipinski definition) is 1. The van der Waals surface area contributed by atoms with Gasteiger partial charge in [-0.25, -0.2) is 4.21 Å². The fourth-order valence-electron chi connectivity index (χ4n) is 8.33. The SMILES string of the molecule is CC1CCC(C(C)CN2C(C)(C)CCCC2(C)C)(S(=O)O)CC1N1C(C)(C)CCCC1(C)C. The normalized spacial score (nSPS) is 38.5. The van der Waals surface area contributed by atoms with E-state index in [1.54, 1.807) is 0 Å². The second-order valence-electron chi connectivity index (χ2n) is 14.4. The lowest BCUT2D eigenvalue weighted by atomic mass is 9.68. The highest BCUT2D eigenvalue weighted by Crippen LogP contribution is 2.50. The molecule has 194 valence electrons. The van der Waals surface area contributed by atoms with Crippen molar-refractivity contribution in [1.82, 2.24) is 9.80 Å². The Morgan fingerprint density at radius 2 is 1.30 bits per heavy atom. The van der Waals surface area contributed by atoms with Crippen LogP contribution in [0, 0.1) is 11.8 Å². The summed E-state index contributed by atoms with van der Waals surface area (Å²) >= 11 is -1.84. The highest BCUT2D eigenvalue weighted by molar-refractivity contribution is 7.80. The van der Waals surface area contributed by atoms with Crippen LogP contribution in [0.25, 0.3) is 0 Å². The molecule has 0 amide bonds. The van der Waals surface area contributed by atoms with Crippen LogP contribution < -0.4 is 0 Å². The van der Waals surface area contributed by atoms with E-state index in [4.69, 9.17) is 0 Å². The van der Waals surface area contributed by atoms with E-state index in [9.17, 15) is 8.76 Å². The van der Waals surface area contributed by atoms with Gasteiger partial charge in [0, 0.05) is 34.7 Å². The van der Waals surface area contributed by atoms with Crippen LogP contribution in [0.1, 0.15) is 127 Å². The van der Waals surface area contributed by atoms with Crippen molar-refractivity contribution in [2.24, 2.45) is 11.8 Å². The zero-order valence-corrected chi connectivity index (χ0v) is 24.3. The minimum Gasteiger partial charge on any atom is -0.306 e. The molecule has 1 N–H and O–H groups in total. The van der Waals surface area contributed by atoms with Gasteiger partial charge in [0.1, 0.15) is 0 Å². The van der Waals surface area contributed by atoms with Crippen LogP contribution >= 0.6 is 0 Å². The molecular formula is C28H54N2O2S. The second kappa shape index (κ2) is 9.16. The summed E-state index contributed by atoms with van der Waals surface area (Å²) in [6.45, 7) is 24.6. The minimum absolute atomic E-state index is 0.126. The molecule has 5 heteroatoms. The number of likely N-dealkylation sites (tertiary alicyclic amines) is 2. The Hall–Kier alpha value is 0.0300. The number of nitrogens with zero attached hydrogens (tertiary/aromatic N) is 2. The largest absolute Gasteiger partial charge is 0.306 e. The predicted molar refractivity (Wildman–Crippen MR) is 142 cm³/mol. The Kier molecular flexibility index (Phi) is 7.66. The van der Waals surface area contributed by atoms with Crippen LogP contribution in [0.3, 0.4) is 0 Å². The molecule has 0 spiro atoms. The molecule has 1 saturated carbocycles. The van der Waals surface area contributed by atoms with Gasteiger partial charge in [0.05, 0.1) is 4.75 Å². The molecule has 0 aromatic heterocycles. The first-order valence-electron chi connectivity index (χ1n) is 13.6. The summed E-state index contributed by atoms with van der Waals surface area (Å²) < 4.78 is 23.6. The Morgan fingerprint density at radius 3 is 1.76 bits per heavy atom. The van der Waals surface area contributed by atoms with Crippen molar-refractivity contribution in [2.75, 3.05) is 6.54 Å². The first kappa shape index (κ1) is 27.6. The topological polar surface area (TPSA) is 43.8 Å². The van der Waals surface area contributed by atoms with E-state index >= 15 is 0 Å². The lowest BCUT2D eigenvalue weighted by Gasteiger charge is -2.61. The van der Waals surface area contributed by atoms with Gasteiger partial charge >= 0.3 is 0 Å². The number of hydrogen-bond acceptors (Lipinski definition) is 3. The molecular weight excluding hydrogens is 428 g/mol. The molecule has 0 aromatic carbocycles. The summed E-state index contributed by atoms with van der Waals surface area (Å²) in [7, 11) is 0. The van der Waals surface area contributed by atoms with Gasteiger partial charge in [0.15, 0.2) is 11.1 Å². The first-order chi connectivity index (χ1) is 15.0. The zero-order valence-electron chi connectivity index (χ0n) is 23.5. The summed E-state index contributed by atoms with van der Waals surface area (Å²) in [6.07, 6.45) is 10.1. The minimum atomic E-state index is -1.84. The van der Waals surface area contributed by atoms with Crippen LogP contribution in [0.15, 0.2) is 0 Å². The summed E-state index contributed by atoms with van der Waals surface area (Å²) in [4.78, 5) is 5.45. The van der Waals surface area contributed by atoms with Crippen molar-refractivity contribution in [3.63, 3.8) is 0 Å². The highest BCUT2D eigenvalue weighted by atomic mass is 32.2. The van der Waals surface area contributed by atoms with E-state index in [1.165, 1.54) is 38.5 Å². The van der Waals surface area contributed by atoms with Crippen molar-refractivity contribution in [2.45, 2.75) is 160 Å². The van der Waals surface area contributed by atoms with Gasteiger partial charge in [-0.1, -0.05) is 13.8 Å². The van der Waals surface area contributed by atoms with Gasteiger partial charge in [0.25, 0.3) is 0 Å². The van der Waals surface area contributed by atoms with Crippen molar-refractivity contribution in [3.8, 4) is 0 Å². The molecule has 3 aliphatic rings. The monoisotopic (exact) mass is 482 g/mol. The van der Waals surface area contributed by atoms with Gasteiger partial charge in [-0.3, -0.25) is 9.80 Å². The van der Waals surface area contributed by atoms with E-state index in [0.717, 1.165) is 25.8 Å². The predicted octanol–water partition coefficient (Wildman–Crippen LogP) is 6.86. The third-order valence-corrected chi connectivity index (χ3v) is 11.7. The number of piperidine rings is 2. The van der Waals surface area contributed by atoms with E-state index in [0.29, 0.717) is 12.0 Å². The van der Waals surface area contributed by atoms with Crippen LogP contribution in [-0.2, 0) is 11.1 Å². The lowest BCUT2D eigenvalue weighted by molar-refractivity contribution is -0.0955. The van der Waals surface area contributed by atoms with Gasteiger partial charge < -0.3 is 4.55 Å². The standard InChI is InChI=1S/C28H54N2O2S/c1-21-13-18-28(33(31)32,19-23(21)30-26(7,8)16-12-17-27(30,9)10)22(2)20-29-24(3,4)14-11-15-25(29,5)6/h21-23H,11-20H2,1-10H3,(H,31,32). The molecule has 5 unspecified atom stereocenters. The molecule has 0 radical (unpaired) electrons. The van der Waals surface area contributed by atoms with E-state index in [1.807, 2.05) is 0 Å². The van der Waals surface area contributed by atoms with Crippen molar-refractivity contribution < 1.29 is 8.76 Å². The molecule has 4 nitrogen and oxygen atoms in total. The van der Waals surface area contributed by atoms with E-state index in [-0.39, 0.29) is 28.1 Å². The molecule has 3 fully saturated rings. The van der Waals surface area contributed by atoms with Gasteiger partial charge in [-0.2, -0.15) is 0 Å². The fraction of sp³-hybridized carbons (Fsp3) is 1.00. The quantitative estimate of drug-likeness (QED) is 0.435. The fourth-order valence-corrected chi connectivity index (χ4v) is 9.36. The Bertz CT molecular complexity index is 699. The third kappa shape index (κ3) is 5.13. The molecule has 3 rings (SSSR count). The van der Waals surface area contributed by atoms with Gasteiger partial charge in [-0.15, -0.1) is 0 Å². The zero-order chi connectivity index (χ0) is 25.0. The first-order valence-corrected chi connectivity index (χ1v) is 14.8. The summed E-state index contributed by atoms with van der Waals surface area (Å²) in [6, 6.07) is 0.352. The summed E-state index contributed by atoms with van der Waals surface area (Å²) in [5, 5.41) is 0. The Morgan fingerprint density at radius 1 is 0.848 bits per heavy atom. The number of rotatable bonds is 5. The van der Waals surface area contributed by atoms with Gasteiger partial charge in [0.2, 0.25) is 0 Å². The molecule has 33 heavy (non-hydrogen) atoms. The van der Waals surface area contributed by atoms with Crippen molar-refractivity contribution >= 4 is 11.1 Å². The average molecular weight is 483 g/mol. The third-order valence-electron chi connectivity index (χ3n) is 10.2. The van der Waals surface area contributed by atoms with E-state index in [2.05, 4.69) is 79.0 Å². The molecule has 2 saturated heterocycles. The molecule has 5 atom stereocenters. The smallest absolute Gasteiger partial charge is 0.159 e. The van der Waals surface area contributed by atoms with Gasteiger partial charge in [-0.05, 0) is 125 Å². The maximum Gasteiger partial charge on any atom is 0.159 e. The summed E-state index contributed by atoms with van der Waals surface area (Å²) in [5.41, 5.74) is 0.514. The molecule has 2 heterocycles. The molecule has 2 aliphatic heterocycles.